The SMILES string of the molecule is Cc1ccccc1NC(=O)C(C#N)Cc1ccccn1. The van der Waals surface area contributed by atoms with E-state index in [4.69, 9.17) is 5.26 Å². The van der Waals surface area contributed by atoms with Crippen LogP contribution in [0.3, 0.4) is 0 Å². The molecule has 1 heterocycles. The molecule has 0 saturated heterocycles. The summed E-state index contributed by atoms with van der Waals surface area (Å²) in [4.78, 5) is 16.3. The number of carbonyl (C=O) groups is 1. The van der Waals surface area contributed by atoms with E-state index >= 15 is 0 Å². The first-order valence-electron chi connectivity index (χ1n) is 6.36. The van der Waals surface area contributed by atoms with E-state index in [0.29, 0.717) is 6.42 Å². The quantitative estimate of drug-likeness (QED) is 0.924. The summed E-state index contributed by atoms with van der Waals surface area (Å²) < 4.78 is 0. The maximum absolute atomic E-state index is 12.1. The standard InChI is InChI=1S/C16H15N3O/c1-12-6-2-3-8-15(12)19-16(20)13(11-17)10-14-7-4-5-9-18-14/h2-9,13H,10H2,1H3,(H,19,20). The van der Waals surface area contributed by atoms with Crippen molar-refractivity contribution in [3.8, 4) is 6.07 Å². The minimum absolute atomic E-state index is 0.299. The highest BCUT2D eigenvalue weighted by molar-refractivity contribution is 5.94. The smallest absolute Gasteiger partial charge is 0.242 e. The summed E-state index contributed by atoms with van der Waals surface area (Å²) in [5, 5.41) is 12.0. The van der Waals surface area contributed by atoms with E-state index in [1.165, 1.54) is 0 Å². The molecule has 100 valence electrons. The van der Waals surface area contributed by atoms with Crippen LogP contribution in [-0.4, -0.2) is 10.9 Å². The van der Waals surface area contributed by atoms with Gasteiger partial charge in [0.05, 0.1) is 6.07 Å². The molecular formula is C16H15N3O. The summed E-state index contributed by atoms with van der Waals surface area (Å²) in [5.41, 5.74) is 2.44. The number of rotatable bonds is 4. The number of aryl methyl sites for hydroxylation is 1. The zero-order valence-corrected chi connectivity index (χ0v) is 11.2. The predicted molar refractivity (Wildman–Crippen MR) is 76.9 cm³/mol. The van der Waals surface area contributed by atoms with Gasteiger partial charge in [-0.15, -0.1) is 0 Å². The average molecular weight is 265 g/mol. The zero-order valence-electron chi connectivity index (χ0n) is 11.2. The Morgan fingerprint density at radius 1 is 1.30 bits per heavy atom. The van der Waals surface area contributed by atoms with Gasteiger partial charge < -0.3 is 5.32 Å². The van der Waals surface area contributed by atoms with Crippen LogP contribution < -0.4 is 5.32 Å². The van der Waals surface area contributed by atoms with Crippen LogP contribution in [0.15, 0.2) is 48.7 Å². The third kappa shape index (κ3) is 3.42. The lowest BCUT2D eigenvalue weighted by molar-refractivity contribution is -0.118. The molecule has 20 heavy (non-hydrogen) atoms. The largest absolute Gasteiger partial charge is 0.325 e. The normalized spacial score (nSPS) is 11.4. The molecule has 0 aliphatic carbocycles. The molecule has 1 aromatic heterocycles. The second-order valence-electron chi connectivity index (χ2n) is 4.51. The molecule has 4 heteroatoms. The van der Waals surface area contributed by atoms with Gasteiger partial charge in [0.1, 0.15) is 5.92 Å². The molecule has 1 amide bonds. The van der Waals surface area contributed by atoms with Crippen LogP contribution in [0, 0.1) is 24.2 Å². The second kappa shape index (κ2) is 6.48. The summed E-state index contributed by atoms with van der Waals surface area (Å²) in [7, 11) is 0. The van der Waals surface area contributed by atoms with Crippen molar-refractivity contribution < 1.29 is 4.79 Å². The van der Waals surface area contributed by atoms with Gasteiger partial charge in [-0.1, -0.05) is 24.3 Å². The molecule has 2 rings (SSSR count). The minimum Gasteiger partial charge on any atom is -0.325 e. The van der Waals surface area contributed by atoms with Crippen molar-refractivity contribution in [3.05, 3.63) is 59.9 Å². The molecule has 0 aliphatic rings. The Balaban J connectivity index is 2.07. The molecule has 1 aromatic carbocycles. The molecule has 1 unspecified atom stereocenters. The third-order valence-corrected chi connectivity index (χ3v) is 3.01. The zero-order chi connectivity index (χ0) is 14.4. The fraction of sp³-hybridized carbons (Fsp3) is 0.188. The number of nitrogens with zero attached hydrogens (tertiary/aromatic N) is 2. The average Bonchev–Trinajstić information content (AvgIpc) is 2.48. The highest BCUT2D eigenvalue weighted by atomic mass is 16.1. The Hall–Kier alpha value is -2.67. The van der Waals surface area contributed by atoms with Gasteiger partial charge in [0.15, 0.2) is 0 Å². The topological polar surface area (TPSA) is 65.8 Å². The molecule has 0 aliphatic heterocycles. The van der Waals surface area contributed by atoms with Crippen LogP contribution in [0.5, 0.6) is 0 Å². The summed E-state index contributed by atoms with van der Waals surface area (Å²) >= 11 is 0. The van der Waals surface area contributed by atoms with E-state index < -0.39 is 5.92 Å². The van der Waals surface area contributed by atoms with Gasteiger partial charge in [0, 0.05) is 24.0 Å². The van der Waals surface area contributed by atoms with Crippen molar-refractivity contribution >= 4 is 11.6 Å². The van der Waals surface area contributed by atoms with Gasteiger partial charge >= 0.3 is 0 Å². The van der Waals surface area contributed by atoms with E-state index in [2.05, 4.69) is 10.3 Å². The number of amides is 1. The number of anilines is 1. The van der Waals surface area contributed by atoms with Gasteiger partial charge in [-0.2, -0.15) is 5.26 Å². The molecule has 0 radical (unpaired) electrons. The summed E-state index contributed by atoms with van der Waals surface area (Å²) in [6, 6.07) is 15.0. The lowest BCUT2D eigenvalue weighted by Crippen LogP contribution is -2.24. The molecule has 0 spiro atoms. The van der Waals surface area contributed by atoms with Gasteiger partial charge in [-0.25, -0.2) is 0 Å². The minimum atomic E-state index is -0.746. The highest BCUT2D eigenvalue weighted by Gasteiger charge is 2.19. The lowest BCUT2D eigenvalue weighted by atomic mass is 10.0. The maximum atomic E-state index is 12.1. The van der Waals surface area contributed by atoms with Crippen molar-refractivity contribution in [2.75, 3.05) is 5.32 Å². The second-order valence-corrected chi connectivity index (χ2v) is 4.51. The van der Waals surface area contributed by atoms with Gasteiger partial charge in [0.2, 0.25) is 5.91 Å². The number of hydrogen-bond donors (Lipinski definition) is 1. The molecule has 1 atom stereocenters. The maximum Gasteiger partial charge on any atom is 0.242 e. The monoisotopic (exact) mass is 265 g/mol. The lowest BCUT2D eigenvalue weighted by Gasteiger charge is -2.11. The van der Waals surface area contributed by atoms with Gasteiger partial charge in [0.25, 0.3) is 0 Å². The van der Waals surface area contributed by atoms with Crippen molar-refractivity contribution in [3.63, 3.8) is 0 Å². The Kier molecular flexibility index (Phi) is 4.46. The predicted octanol–water partition coefficient (Wildman–Crippen LogP) is 2.71. The number of nitriles is 1. The molecule has 0 bridgehead atoms. The summed E-state index contributed by atoms with van der Waals surface area (Å²) in [6.45, 7) is 1.91. The molecule has 4 nitrogen and oxygen atoms in total. The van der Waals surface area contributed by atoms with Crippen LogP contribution in [0.1, 0.15) is 11.3 Å². The number of aromatic nitrogens is 1. The van der Waals surface area contributed by atoms with Crippen LogP contribution in [0.4, 0.5) is 5.69 Å². The van der Waals surface area contributed by atoms with Crippen molar-refractivity contribution in [1.82, 2.24) is 4.98 Å². The van der Waals surface area contributed by atoms with Crippen LogP contribution >= 0.6 is 0 Å². The van der Waals surface area contributed by atoms with Gasteiger partial charge in [-0.05, 0) is 30.7 Å². The first-order chi connectivity index (χ1) is 9.70. The fourth-order valence-electron chi connectivity index (χ4n) is 1.86. The Morgan fingerprint density at radius 3 is 2.70 bits per heavy atom. The van der Waals surface area contributed by atoms with E-state index in [0.717, 1.165) is 16.9 Å². The summed E-state index contributed by atoms with van der Waals surface area (Å²) in [5.74, 6) is -1.04. The number of benzene rings is 1. The molecular weight excluding hydrogens is 250 g/mol. The van der Waals surface area contributed by atoms with E-state index in [1.807, 2.05) is 49.4 Å². The Labute approximate surface area is 118 Å². The highest BCUT2D eigenvalue weighted by Crippen LogP contribution is 2.15. The van der Waals surface area contributed by atoms with Crippen LogP contribution in [0.25, 0.3) is 0 Å². The van der Waals surface area contributed by atoms with E-state index in [9.17, 15) is 4.79 Å². The first kappa shape index (κ1) is 13.8. The molecule has 0 saturated carbocycles. The number of pyridine rings is 1. The van der Waals surface area contributed by atoms with Crippen molar-refractivity contribution in [2.24, 2.45) is 5.92 Å². The third-order valence-electron chi connectivity index (χ3n) is 3.01. The fourth-order valence-corrected chi connectivity index (χ4v) is 1.86. The first-order valence-corrected chi connectivity index (χ1v) is 6.36. The molecule has 0 fully saturated rings. The number of hydrogen-bond acceptors (Lipinski definition) is 3. The van der Waals surface area contributed by atoms with Crippen LogP contribution in [-0.2, 0) is 11.2 Å². The molecule has 1 N–H and O–H groups in total. The summed E-state index contributed by atoms with van der Waals surface area (Å²) in [6.07, 6.45) is 1.97. The number of nitrogens with one attached hydrogen (secondary N) is 1. The van der Waals surface area contributed by atoms with Crippen molar-refractivity contribution in [1.29, 1.82) is 5.26 Å². The van der Waals surface area contributed by atoms with E-state index in [1.54, 1.807) is 12.3 Å². The van der Waals surface area contributed by atoms with E-state index in [-0.39, 0.29) is 5.91 Å². The Morgan fingerprint density at radius 2 is 2.05 bits per heavy atom. The van der Waals surface area contributed by atoms with Crippen molar-refractivity contribution in [2.45, 2.75) is 13.3 Å². The number of para-hydroxylation sites is 1. The Bertz CT molecular complexity index is 632. The molecule has 2 aromatic rings. The number of carbonyl (C=O) groups excluding carboxylic acids is 1. The van der Waals surface area contributed by atoms with Gasteiger partial charge in [-0.3, -0.25) is 9.78 Å². The van der Waals surface area contributed by atoms with Crippen LogP contribution in [0.2, 0.25) is 0 Å².